The molecule has 4 rings (SSSR count). The van der Waals surface area contributed by atoms with Crippen LogP contribution in [-0.2, 0) is 9.53 Å². The molecule has 0 unspecified atom stereocenters. The van der Waals surface area contributed by atoms with Crippen LogP contribution < -0.4 is 10.9 Å². The number of nitrogens with zero attached hydrogens (tertiary/aromatic N) is 3. The second kappa shape index (κ2) is 9.48. The maximum absolute atomic E-state index is 12.5. The van der Waals surface area contributed by atoms with Crippen LogP contribution in [-0.4, -0.2) is 44.0 Å². The monoisotopic (exact) mass is 449 g/mol. The Kier molecular flexibility index (Phi) is 6.31. The van der Waals surface area contributed by atoms with E-state index in [0.717, 1.165) is 17.4 Å². The number of fused-ring (bicyclic) bond motifs is 1. The predicted octanol–water partition coefficient (Wildman–Crippen LogP) is 3.02. The molecular formula is C22H19N5O4S. The van der Waals surface area contributed by atoms with Crippen molar-refractivity contribution in [3.8, 4) is 5.69 Å². The Labute approximate surface area is 186 Å². The molecule has 4 aromatic rings. The average Bonchev–Trinajstić information content (AvgIpc) is 3.23. The van der Waals surface area contributed by atoms with Gasteiger partial charge in [0.25, 0.3) is 5.56 Å². The van der Waals surface area contributed by atoms with Crippen LogP contribution in [0.2, 0.25) is 0 Å². The van der Waals surface area contributed by atoms with Gasteiger partial charge in [-0.15, -0.1) is 0 Å². The fourth-order valence-electron chi connectivity index (χ4n) is 3.02. The van der Waals surface area contributed by atoms with E-state index in [0.29, 0.717) is 16.7 Å². The van der Waals surface area contributed by atoms with Gasteiger partial charge in [0.1, 0.15) is 5.39 Å². The zero-order valence-corrected chi connectivity index (χ0v) is 17.9. The van der Waals surface area contributed by atoms with Gasteiger partial charge in [0.15, 0.2) is 10.8 Å². The van der Waals surface area contributed by atoms with Gasteiger partial charge in [0, 0.05) is 0 Å². The lowest BCUT2D eigenvalue weighted by atomic mass is 10.2. The highest BCUT2D eigenvalue weighted by molar-refractivity contribution is 7.99. The minimum atomic E-state index is -0.512. The molecule has 2 N–H and O–H groups in total. The van der Waals surface area contributed by atoms with Crippen LogP contribution in [0.5, 0.6) is 0 Å². The lowest BCUT2D eigenvalue weighted by Crippen LogP contribution is -2.18. The fourth-order valence-corrected chi connectivity index (χ4v) is 3.68. The van der Waals surface area contributed by atoms with Crippen LogP contribution in [0.3, 0.4) is 0 Å². The standard InChI is InChI=1S/C22H19N5O4S/c1-2-31-21(30)15-10-6-7-11-17(15)24-18(28)13-32-22-25-19-16(20(29)26-22)12-23-27(19)14-8-4-3-5-9-14/h3-12H,2,13H2,1H3,(H,24,28)(H,25,26,29). The molecule has 2 aromatic heterocycles. The Morgan fingerprint density at radius 1 is 1.12 bits per heavy atom. The summed E-state index contributed by atoms with van der Waals surface area (Å²) in [5.74, 6) is -0.891. The van der Waals surface area contributed by atoms with E-state index in [2.05, 4.69) is 20.4 Å². The zero-order chi connectivity index (χ0) is 22.5. The smallest absolute Gasteiger partial charge is 0.340 e. The Balaban J connectivity index is 1.51. The largest absolute Gasteiger partial charge is 0.462 e. The molecule has 162 valence electrons. The Morgan fingerprint density at radius 3 is 2.66 bits per heavy atom. The fraction of sp³-hybridized carbons (Fsp3) is 0.136. The number of carbonyl (C=O) groups excluding carboxylic acids is 2. The van der Waals surface area contributed by atoms with Crippen molar-refractivity contribution in [1.82, 2.24) is 19.7 Å². The summed E-state index contributed by atoms with van der Waals surface area (Å²) in [5.41, 5.74) is 1.45. The molecule has 0 aliphatic carbocycles. The molecule has 9 nitrogen and oxygen atoms in total. The Morgan fingerprint density at radius 2 is 1.88 bits per heavy atom. The maximum Gasteiger partial charge on any atom is 0.340 e. The summed E-state index contributed by atoms with van der Waals surface area (Å²) in [7, 11) is 0. The molecule has 0 aliphatic rings. The molecule has 0 atom stereocenters. The van der Waals surface area contributed by atoms with Gasteiger partial charge in [-0.05, 0) is 31.2 Å². The van der Waals surface area contributed by atoms with E-state index in [9.17, 15) is 14.4 Å². The van der Waals surface area contributed by atoms with Crippen molar-refractivity contribution in [2.24, 2.45) is 0 Å². The molecule has 0 fully saturated rings. The number of para-hydroxylation sites is 2. The first-order valence-electron chi connectivity index (χ1n) is 9.79. The number of esters is 1. The number of rotatable bonds is 7. The summed E-state index contributed by atoms with van der Waals surface area (Å²) in [6.45, 7) is 1.95. The minimum Gasteiger partial charge on any atom is -0.462 e. The SMILES string of the molecule is CCOC(=O)c1ccccc1NC(=O)CSc1nc2c(cnn2-c2ccccc2)c(=O)[nH]1. The van der Waals surface area contributed by atoms with Gasteiger partial charge in [-0.25, -0.2) is 14.5 Å². The van der Waals surface area contributed by atoms with Crippen molar-refractivity contribution in [2.45, 2.75) is 12.1 Å². The van der Waals surface area contributed by atoms with Gasteiger partial charge in [0.2, 0.25) is 5.91 Å². The zero-order valence-electron chi connectivity index (χ0n) is 17.1. The Hall–Kier alpha value is -3.92. The number of amides is 1. The van der Waals surface area contributed by atoms with Gasteiger partial charge < -0.3 is 15.0 Å². The van der Waals surface area contributed by atoms with Crippen LogP contribution in [0.4, 0.5) is 5.69 Å². The molecule has 0 bridgehead atoms. The van der Waals surface area contributed by atoms with Gasteiger partial charge >= 0.3 is 5.97 Å². The predicted molar refractivity (Wildman–Crippen MR) is 121 cm³/mol. The number of hydrogen-bond acceptors (Lipinski definition) is 7. The third-order valence-electron chi connectivity index (χ3n) is 4.45. The highest BCUT2D eigenvalue weighted by atomic mass is 32.2. The molecule has 0 saturated carbocycles. The number of aromatic nitrogens is 4. The lowest BCUT2D eigenvalue weighted by Gasteiger charge is -2.10. The second-order valence-corrected chi connectivity index (χ2v) is 7.57. The van der Waals surface area contributed by atoms with E-state index in [1.54, 1.807) is 35.9 Å². The molecule has 32 heavy (non-hydrogen) atoms. The van der Waals surface area contributed by atoms with Crippen molar-refractivity contribution < 1.29 is 14.3 Å². The quantitative estimate of drug-likeness (QED) is 0.253. The number of ether oxygens (including phenoxy) is 1. The van der Waals surface area contributed by atoms with Gasteiger partial charge in [-0.1, -0.05) is 42.1 Å². The highest BCUT2D eigenvalue weighted by Gasteiger charge is 2.16. The average molecular weight is 449 g/mol. The third kappa shape index (κ3) is 4.54. The first-order valence-corrected chi connectivity index (χ1v) is 10.8. The number of H-pyrrole nitrogens is 1. The normalized spacial score (nSPS) is 10.8. The first kappa shape index (κ1) is 21.3. The maximum atomic E-state index is 12.5. The molecule has 2 aromatic carbocycles. The summed E-state index contributed by atoms with van der Waals surface area (Å²) < 4.78 is 6.59. The lowest BCUT2D eigenvalue weighted by molar-refractivity contribution is -0.113. The molecule has 0 spiro atoms. The molecule has 0 radical (unpaired) electrons. The number of carbonyl (C=O) groups is 2. The van der Waals surface area contributed by atoms with E-state index >= 15 is 0 Å². The highest BCUT2D eigenvalue weighted by Crippen LogP contribution is 2.20. The first-order chi connectivity index (χ1) is 15.6. The van der Waals surface area contributed by atoms with Crippen LogP contribution in [0.1, 0.15) is 17.3 Å². The van der Waals surface area contributed by atoms with Crippen molar-refractivity contribution in [3.05, 3.63) is 76.7 Å². The van der Waals surface area contributed by atoms with E-state index in [-0.39, 0.29) is 34.5 Å². The third-order valence-corrected chi connectivity index (χ3v) is 5.33. The topological polar surface area (TPSA) is 119 Å². The summed E-state index contributed by atoms with van der Waals surface area (Å²) in [5, 5.41) is 7.61. The number of aromatic amines is 1. The van der Waals surface area contributed by atoms with E-state index in [1.807, 2.05) is 30.3 Å². The number of anilines is 1. The van der Waals surface area contributed by atoms with Crippen molar-refractivity contribution in [1.29, 1.82) is 0 Å². The summed E-state index contributed by atoms with van der Waals surface area (Å²) >= 11 is 1.07. The van der Waals surface area contributed by atoms with E-state index in [1.165, 1.54) is 6.20 Å². The minimum absolute atomic E-state index is 0.0227. The van der Waals surface area contributed by atoms with Gasteiger partial charge in [-0.2, -0.15) is 5.10 Å². The molecular weight excluding hydrogens is 430 g/mol. The molecule has 0 saturated heterocycles. The van der Waals surface area contributed by atoms with Crippen molar-refractivity contribution in [3.63, 3.8) is 0 Å². The number of benzene rings is 2. The summed E-state index contributed by atoms with van der Waals surface area (Å²) in [4.78, 5) is 44.2. The summed E-state index contributed by atoms with van der Waals surface area (Å²) in [6.07, 6.45) is 1.46. The number of thioether (sulfide) groups is 1. The van der Waals surface area contributed by atoms with E-state index < -0.39 is 5.97 Å². The van der Waals surface area contributed by atoms with Crippen LogP contribution in [0.15, 0.2) is 70.7 Å². The van der Waals surface area contributed by atoms with Gasteiger partial charge in [-0.3, -0.25) is 9.59 Å². The molecule has 10 heteroatoms. The number of hydrogen-bond donors (Lipinski definition) is 2. The second-order valence-electron chi connectivity index (χ2n) is 6.60. The van der Waals surface area contributed by atoms with Crippen LogP contribution in [0, 0.1) is 0 Å². The Bertz CT molecular complexity index is 1330. The van der Waals surface area contributed by atoms with Crippen molar-refractivity contribution in [2.75, 3.05) is 17.7 Å². The van der Waals surface area contributed by atoms with Crippen LogP contribution >= 0.6 is 11.8 Å². The van der Waals surface area contributed by atoms with Crippen LogP contribution in [0.25, 0.3) is 16.7 Å². The number of nitrogens with one attached hydrogen (secondary N) is 2. The molecule has 0 aliphatic heterocycles. The van der Waals surface area contributed by atoms with Gasteiger partial charge in [0.05, 0.1) is 35.5 Å². The summed E-state index contributed by atoms with van der Waals surface area (Å²) in [6, 6.07) is 15.9. The molecule has 1 amide bonds. The molecule has 2 heterocycles. The van der Waals surface area contributed by atoms with Crippen molar-refractivity contribution >= 4 is 40.4 Å². The van der Waals surface area contributed by atoms with E-state index in [4.69, 9.17) is 4.74 Å².